The van der Waals surface area contributed by atoms with Crippen molar-refractivity contribution in [2.45, 2.75) is 31.1 Å². The first-order chi connectivity index (χ1) is 8.86. The van der Waals surface area contributed by atoms with E-state index in [1.807, 2.05) is 4.90 Å². The molecule has 1 aliphatic heterocycles. The number of nitrogen functional groups attached to an aromatic ring is 1. The van der Waals surface area contributed by atoms with Crippen LogP contribution in [0.1, 0.15) is 35.9 Å². The minimum Gasteiger partial charge on any atom is -0.396 e. The normalized spacial score (nSPS) is 16.0. The van der Waals surface area contributed by atoms with Crippen LogP contribution in [-0.4, -0.2) is 33.5 Å². The molecule has 1 aromatic rings. The second-order valence-electron chi connectivity index (χ2n) is 4.72. The van der Waals surface area contributed by atoms with Crippen LogP contribution in [0.25, 0.3) is 0 Å². The highest BCUT2D eigenvalue weighted by molar-refractivity contribution is 7.91. The number of carbonyl (C=O) groups is 1. The highest BCUT2D eigenvalue weighted by atomic mass is 32.2. The first-order valence-corrected chi connectivity index (χ1v) is 8.97. The van der Waals surface area contributed by atoms with Gasteiger partial charge in [0.15, 0.2) is 15.6 Å². The molecule has 0 amide bonds. The number of sulfone groups is 1. The van der Waals surface area contributed by atoms with E-state index in [4.69, 9.17) is 5.73 Å². The van der Waals surface area contributed by atoms with Gasteiger partial charge in [0.25, 0.3) is 0 Å². The van der Waals surface area contributed by atoms with Crippen LogP contribution in [-0.2, 0) is 9.84 Å². The maximum atomic E-state index is 11.9. The number of hydrogen-bond acceptors (Lipinski definition) is 6. The minimum absolute atomic E-state index is 0.0992. The SMILES string of the molecule is CCC(=O)c1sc(N2CCCC2)c(S(C)(=O)=O)c1N. The lowest BCUT2D eigenvalue weighted by atomic mass is 10.2. The summed E-state index contributed by atoms with van der Waals surface area (Å²) in [4.78, 5) is 14.4. The van der Waals surface area contributed by atoms with E-state index in [9.17, 15) is 13.2 Å². The molecule has 2 N–H and O–H groups in total. The standard InChI is InChI=1S/C12H18N2O3S2/c1-3-8(15)10-9(13)11(19(2,16)17)12(18-10)14-6-4-5-7-14/h3-7,13H2,1-2H3. The van der Waals surface area contributed by atoms with Crippen molar-refractivity contribution in [1.82, 2.24) is 0 Å². The van der Waals surface area contributed by atoms with Crippen molar-refractivity contribution in [2.24, 2.45) is 0 Å². The van der Waals surface area contributed by atoms with Gasteiger partial charge in [0, 0.05) is 25.8 Å². The van der Waals surface area contributed by atoms with Crippen molar-refractivity contribution in [3.63, 3.8) is 0 Å². The summed E-state index contributed by atoms with van der Waals surface area (Å²) in [5.74, 6) is -0.0992. The summed E-state index contributed by atoms with van der Waals surface area (Å²) < 4.78 is 23.9. The van der Waals surface area contributed by atoms with Crippen LogP contribution in [0.2, 0.25) is 0 Å². The molecule has 7 heteroatoms. The number of nitrogens with two attached hydrogens (primary N) is 1. The molecule has 1 aromatic heterocycles. The van der Waals surface area contributed by atoms with Crippen molar-refractivity contribution < 1.29 is 13.2 Å². The lowest BCUT2D eigenvalue weighted by Gasteiger charge is -2.16. The number of ketones is 1. The van der Waals surface area contributed by atoms with E-state index >= 15 is 0 Å². The van der Waals surface area contributed by atoms with Crippen LogP contribution in [0.15, 0.2) is 4.90 Å². The first-order valence-electron chi connectivity index (χ1n) is 6.26. The average molecular weight is 302 g/mol. The maximum Gasteiger partial charge on any atom is 0.180 e. The van der Waals surface area contributed by atoms with E-state index < -0.39 is 9.84 Å². The van der Waals surface area contributed by atoms with Gasteiger partial charge in [-0.2, -0.15) is 0 Å². The zero-order valence-corrected chi connectivity index (χ0v) is 12.7. The maximum absolute atomic E-state index is 11.9. The molecule has 0 unspecified atom stereocenters. The summed E-state index contributed by atoms with van der Waals surface area (Å²) in [6.45, 7) is 3.39. The van der Waals surface area contributed by atoms with Crippen LogP contribution in [0, 0.1) is 0 Å². The summed E-state index contributed by atoms with van der Waals surface area (Å²) in [6, 6.07) is 0. The largest absolute Gasteiger partial charge is 0.396 e. The Bertz CT molecular complexity index is 599. The van der Waals surface area contributed by atoms with Gasteiger partial charge in [-0.05, 0) is 12.8 Å². The molecule has 0 atom stereocenters. The Balaban J connectivity index is 2.61. The van der Waals surface area contributed by atoms with Crippen molar-refractivity contribution >= 4 is 37.6 Å². The predicted octanol–water partition coefficient (Wildman–Crippen LogP) is 1.93. The van der Waals surface area contributed by atoms with Gasteiger partial charge in [-0.3, -0.25) is 4.79 Å². The molecule has 0 aromatic carbocycles. The van der Waals surface area contributed by atoms with Crippen molar-refractivity contribution in [2.75, 3.05) is 30.0 Å². The third-order valence-corrected chi connectivity index (χ3v) is 5.81. The summed E-state index contributed by atoms with van der Waals surface area (Å²) in [6.07, 6.45) is 3.55. The van der Waals surface area contributed by atoms with Gasteiger partial charge in [-0.15, -0.1) is 11.3 Å². The smallest absolute Gasteiger partial charge is 0.180 e. The fraction of sp³-hybridized carbons (Fsp3) is 0.583. The molecule has 0 radical (unpaired) electrons. The van der Waals surface area contributed by atoms with Gasteiger partial charge < -0.3 is 10.6 Å². The summed E-state index contributed by atoms with van der Waals surface area (Å²) in [5, 5.41) is 0.634. The van der Waals surface area contributed by atoms with Crippen LogP contribution in [0.3, 0.4) is 0 Å². The Morgan fingerprint density at radius 3 is 2.42 bits per heavy atom. The molecule has 0 bridgehead atoms. The highest BCUT2D eigenvalue weighted by Crippen LogP contribution is 2.43. The predicted molar refractivity (Wildman–Crippen MR) is 77.9 cm³/mol. The second-order valence-corrected chi connectivity index (χ2v) is 7.67. The van der Waals surface area contributed by atoms with E-state index in [0.717, 1.165) is 32.2 Å². The molecule has 0 spiro atoms. The van der Waals surface area contributed by atoms with Gasteiger partial charge in [-0.25, -0.2) is 8.42 Å². The molecule has 5 nitrogen and oxygen atoms in total. The molecule has 1 fully saturated rings. The molecule has 0 saturated carbocycles. The fourth-order valence-corrected chi connectivity index (χ4v) is 5.04. The van der Waals surface area contributed by atoms with Crippen LogP contribution >= 0.6 is 11.3 Å². The summed E-state index contributed by atoms with van der Waals surface area (Å²) in [7, 11) is -3.43. The van der Waals surface area contributed by atoms with E-state index in [0.29, 0.717) is 16.3 Å². The second kappa shape index (κ2) is 5.13. The molecule has 19 heavy (non-hydrogen) atoms. The number of nitrogens with zero attached hydrogens (tertiary/aromatic N) is 1. The Morgan fingerprint density at radius 1 is 1.37 bits per heavy atom. The van der Waals surface area contributed by atoms with E-state index in [1.165, 1.54) is 11.3 Å². The van der Waals surface area contributed by atoms with Gasteiger partial charge in [0.2, 0.25) is 0 Å². The van der Waals surface area contributed by atoms with Crippen LogP contribution < -0.4 is 10.6 Å². The third kappa shape index (κ3) is 2.62. The number of rotatable bonds is 4. The number of anilines is 2. The molecule has 0 aliphatic carbocycles. The molecule has 106 valence electrons. The van der Waals surface area contributed by atoms with Crippen molar-refractivity contribution in [1.29, 1.82) is 0 Å². The van der Waals surface area contributed by atoms with Gasteiger partial charge in [0.1, 0.15) is 9.90 Å². The zero-order valence-electron chi connectivity index (χ0n) is 11.1. The molecule has 2 heterocycles. The van der Waals surface area contributed by atoms with E-state index in [1.54, 1.807) is 6.92 Å². The molecule has 2 rings (SSSR count). The van der Waals surface area contributed by atoms with Crippen molar-refractivity contribution in [3.05, 3.63) is 4.88 Å². The first kappa shape index (κ1) is 14.3. The fourth-order valence-electron chi connectivity index (χ4n) is 2.27. The molecular weight excluding hydrogens is 284 g/mol. The van der Waals surface area contributed by atoms with Crippen LogP contribution in [0.4, 0.5) is 10.7 Å². The quantitative estimate of drug-likeness (QED) is 0.860. The van der Waals surface area contributed by atoms with Crippen molar-refractivity contribution in [3.8, 4) is 0 Å². The van der Waals surface area contributed by atoms with E-state index in [2.05, 4.69) is 0 Å². The van der Waals surface area contributed by atoms with Gasteiger partial charge in [-0.1, -0.05) is 6.92 Å². The Kier molecular flexibility index (Phi) is 3.87. The monoisotopic (exact) mass is 302 g/mol. The van der Waals surface area contributed by atoms with Gasteiger partial charge in [0.05, 0.1) is 10.6 Å². The minimum atomic E-state index is -3.43. The Labute approximate surface area is 117 Å². The summed E-state index contributed by atoms with van der Waals surface area (Å²) in [5.41, 5.74) is 6.04. The third-order valence-electron chi connectivity index (χ3n) is 3.22. The Hall–Kier alpha value is -1.08. The number of Topliss-reactive ketones (excluding diaryl/α,β-unsaturated/α-hetero) is 1. The summed E-state index contributed by atoms with van der Waals surface area (Å²) >= 11 is 1.22. The number of carbonyl (C=O) groups excluding carboxylic acids is 1. The zero-order chi connectivity index (χ0) is 14.2. The lowest BCUT2D eigenvalue weighted by Crippen LogP contribution is -2.18. The Morgan fingerprint density at radius 2 is 1.95 bits per heavy atom. The van der Waals surface area contributed by atoms with Crippen LogP contribution in [0.5, 0.6) is 0 Å². The molecule has 1 aliphatic rings. The topological polar surface area (TPSA) is 80.5 Å². The highest BCUT2D eigenvalue weighted by Gasteiger charge is 2.30. The average Bonchev–Trinajstić information content (AvgIpc) is 2.93. The number of hydrogen-bond donors (Lipinski definition) is 1. The molecular formula is C12H18N2O3S2. The van der Waals surface area contributed by atoms with Gasteiger partial charge >= 0.3 is 0 Å². The number of thiophene rings is 1. The molecule has 1 saturated heterocycles. The lowest BCUT2D eigenvalue weighted by molar-refractivity contribution is 0.0992. The van der Waals surface area contributed by atoms with E-state index in [-0.39, 0.29) is 16.4 Å².